The van der Waals surface area contributed by atoms with Crippen LogP contribution in [0.3, 0.4) is 0 Å². The standard InChI is InChI=1S/C13H12F2O4.C9H9BrF2O3/c1-16-10-6-8(9-4-3-5-18-9)7-11(17-2)12(10)19-13(14)15;1-13-6-3-5(10)4-7(14-2)8(6)15-9(11)12/h3-7,13H,1-2H3;3-4,9H,1-2H3. The lowest BCUT2D eigenvalue weighted by atomic mass is 10.1. The molecule has 12 heteroatoms. The van der Waals surface area contributed by atoms with Gasteiger partial charge in [-0.05, 0) is 36.4 Å². The van der Waals surface area contributed by atoms with Gasteiger partial charge in [-0.25, -0.2) is 0 Å². The quantitative estimate of drug-likeness (QED) is 0.276. The molecular formula is C22H21BrF4O7. The van der Waals surface area contributed by atoms with Gasteiger partial charge in [0.15, 0.2) is 23.0 Å². The number of ether oxygens (including phenoxy) is 6. The monoisotopic (exact) mass is 552 g/mol. The first-order valence-corrected chi connectivity index (χ1v) is 10.1. The van der Waals surface area contributed by atoms with Crippen molar-refractivity contribution >= 4 is 15.9 Å². The summed E-state index contributed by atoms with van der Waals surface area (Å²) in [7, 11) is 5.44. The third-order valence-corrected chi connectivity index (χ3v) is 4.56. The van der Waals surface area contributed by atoms with Crippen LogP contribution in [-0.4, -0.2) is 41.7 Å². The van der Waals surface area contributed by atoms with Crippen LogP contribution < -0.4 is 28.4 Å². The fourth-order valence-electron chi connectivity index (χ4n) is 2.72. The highest BCUT2D eigenvalue weighted by Crippen LogP contribution is 2.42. The van der Waals surface area contributed by atoms with Crippen molar-refractivity contribution in [3.8, 4) is 45.8 Å². The van der Waals surface area contributed by atoms with Crippen LogP contribution in [0.4, 0.5) is 17.6 Å². The highest BCUT2D eigenvalue weighted by Gasteiger charge is 2.19. The number of halogens is 5. The molecule has 0 fully saturated rings. The molecule has 0 aliphatic carbocycles. The van der Waals surface area contributed by atoms with Crippen LogP contribution in [0.5, 0.6) is 34.5 Å². The summed E-state index contributed by atoms with van der Waals surface area (Å²) >= 11 is 3.19. The van der Waals surface area contributed by atoms with Crippen molar-refractivity contribution in [1.82, 2.24) is 0 Å². The Morgan fingerprint density at radius 2 is 1.12 bits per heavy atom. The topological polar surface area (TPSA) is 68.5 Å². The number of methoxy groups -OCH3 is 4. The van der Waals surface area contributed by atoms with E-state index in [1.165, 1.54) is 46.8 Å². The molecule has 0 atom stereocenters. The van der Waals surface area contributed by atoms with E-state index in [-0.39, 0.29) is 34.5 Å². The molecule has 3 aromatic rings. The number of hydrogen-bond acceptors (Lipinski definition) is 7. The van der Waals surface area contributed by atoms with E-state index in [9.17, 15) is 17.6 Å². The largest absolute Gasteiger partial charge is 0.493 e. The molecular weight excluding hydrogens is 532 g/mol. The van der Waals surface area contributed by atoms with Crippen molar-refractivity contribution in [3.05, 3.63) is 47.1 Å². The maximum absolute atomic E-state index is 12.4. The molecule has 2 aromatic carbocycles. The van der Waals surface area contributed by atoms with Gasteiger partial charge in [0.05, 0.1) is 34.7 Å². The average molecular weight is 553 g/mol. The molecule has 1 heterocycles. The molecule has 0 spiro atoms. The van der Waals surface area contributed by atoms with E-state index in [0.29, 0.717) is 15.8 Å². The molecule has 3 rings (SSSR count). The second-order valence-electron chi connectivity index (χ2n) is 6.08. The van der Waals surface area contributed by atoms with E-state index in [1.807, 2.05) is 0 Å². The van der Waals surface area contributed by atoms with E-state index in [4.69, 9.17) is 23.4 Å². The zero-order valence-electron chi connectivity index (χ0n) is 18.4. The maximum atomic E-state index is 12.4. The lowest BCUT2D eigenvalue weighted by molar-refractivity contribution is -0.0531. The molecule has 0 saturated heterocycles. The van der Waals surface area contributed by atoms with Gasteiger partial charge >= 0.3 is 13.2 Å². The predicted octanol–water partition coefficient (Wildman–Crippen LogP) is 6.63. The van der Waals surface area contributed by atoms with Crippen LogP contribution in [0.15, 0.2) is 51.6 Å². The summed E-state index contributed by atoms with van der Waals surface area (Å²) < 4.78 is 83.5. The molecule has 0 N–H and O–H groups in total. The summed E-state index contributed by atoms with van der Waals surface area (Å²) in [4.78, 5) is 0. The van der Waals surface area contributed by atoms with Crippen LogP contribution in [0, 0.1) is 0 Å². The number of alkyl halides is 4. The second kappa shape index (κ2) is 12.8. The molecule has 1 aromatic heterocycles. The van der Waals surface area contributed by atoms with E-state index in [1.54, 1.807) is 24.3 Å². The van der Waals surface area contributed by atoms with Gasteiger partial charge in [0, 0.05) is 10.0 Å². The third-order valence-electron chi connectivity index (χ3n) is 4.11. The van der Waals surface area contributed by atoms with E-state index >= 15 is 0 Å². The Morgan fingerprint density at radius 1 is 0.706 bits per heavy atom. The molecule has 0 radical (unpaired) electrons. The molecule has 0 bridgehead atoms. The lowest BCUT2D eigenvalue weighted by Crippen LogP contribution is -2.05. The first-order valence-electron chi connectivity index (χ1n) is 9.35. The first-order chi connectivity index (χ1) is 16.2. The molecule has 0 aliphatic heterocycles. The Kier molecular flexibility index (Phi) is 10.2. The fourth-order valence-corrected chi connectivity index (χ4v) is 3.14. The van der Waals surface area contributed by atoms with Gasteiger partial charge in [0.25, 0.3) is 0 Å². The summed E-state index contributed by atoms with van der Waals surface area (Å²) in [6.07, 6.45) is 1.51. The third kappa shape index (κ3) is 7.11. The Morgan fingerprint density at radius 3 is 1.44 bits per heavy atom. The Hall–Kier alpha value is -3.28. The van der Waals surface area contributed by atoms with E-state index < -0.39 is 13.2 Å². The van der Waals surface area contributed by atoms with Crippen molar-refractivity contribution in [1.29, 1.82) is 0 Å². The van der Waals surface area contributed by atoms with Gasteiger partial charge in [-0.1, -0.05) is 15.9 Å². The minimum absolute atomic E-state index is 0.113. The van der Waals surface area contributed by atoms with Gasteiger partial charge in [-0.15, -0.1) is 0 Å². The van der Waals surface area contributed by atoms with Crippen molar-refractivity contribution < 1.29 is 50.4 Å². The van der Waals surface area contributed by atoms with E-state index in [0.717, 1.165) is 0 Å². The number of furan rings is 1. The van der Waals surface area contributed by atoms with Crippen LogP contribution in [-0.2, 0) is 0 Å². The van der Waals surface area contributed by atoms with Gasteiger partial charge in [0.2, 0.25) is 11.5 Å². The Balaban J connectivity index is 0.000000248. The fraction of sp³-hybridized carbons (Fsp3) is 0.273. The summed E-state index contributed by atoms with van der Waals surface area (Å²) in [6, 6.07) is 9.57. The molecule has 0 saturated carbocycles. The van der Waals surface area contributed by atoms with Crippen molar-refractivity contribution in [2.45, 2.75) is 13.2 Å². The molecule has 0 amide bonds. The molecule has 7 nitrogen and oxygen atoms in total. The number of benzene rings is 2. The Labute approximate surface area is 201 Å². The minimum Gasteiger partial charge on any atom is -0.493 e. The number of hydrogen-bond donors (Lipinski definition) is 0. The van der Waals surface area contributed by atoms with Crippen LogP contribution in [0.1, 0.15) is 0 Å². The van der Waals surface area contributed by atoms with E-state index in [2.05, 4.69) is 25.4 Å². The molecule has 0 unspecified atom stereocenters. The van der Waals surface area contributed by atoms with Crippen LogP contribution >= 0.6 is 15.9 Å². The molecule has 186 valence electrons. The smallest absolute Gasteiger partial charge is 0.387 e. The molecule has 0 aliphatic rings. The highest BCUT2D eigenvalue weighted by molar-refractivity contribution is 9.10. The Bertz CT molecular complexity index is 996. The summed E-state index contributed by atoms with van der Waals surface area (Å²) in [6.45, 7) is -5.88. The van der Waals surface area contributed by atoms with Gasteiger partial charge < -0.3 is 32.8 Å². The lowest BCUT2D eigenvalue weighted by Gasteiger charge is -2.14. The van der Waals surface area contributed by atoms with Crippen molar-refractivity contribution in [3.63, 3.8) is 0 Å². The van der Waals surface area contributed by atoms with Crippen molar-refractivity contribution in [2.75, 3.05) is 28.4 Å². The summed E-state index contributed by atoms with van der Waals surface area (Å²) in [5.41, 5.74) is 0.639. The maximum Gasteiger partial charge on any atom is 0.387 e. The zero-order chi connectivity index (χ0) is 25.3. The van der Waals surface area contributed by atoms with Crippen LogP contribution in [0.2, 0.25) is 0 Å². The van der Waals surface area contributed by atoms with Gasteiger partial charge in [0.1, 0.15) is 5.76 Å². The normalized spacial score (nSPS) is 10.4. The van der Waals surface area contributed by atoms with Crippen molar-refractivity contribution in [2.24, 2.45) is 0 Å². The summed E-state index contributed by atoms with van der Waals surface area (Å²) in [5.74, 6) is 0.967. The second-order valence-corrected chi connectivity index (χ2v) is 7.00. The van der Waals surface area contributed by atoms with Gasteiger partial charge in [-0.2, -0.15) is 17.6 Å². The zero-order valence-corrected chi connectivity index (χ0v) is 20.0. The number of rotatable bonds is 9. The minimum atomic E-state index is -2.96. The first kappa shape index (κ1) is 27.0. The SMILES string of the molecule is COc1cc(-c2ccco2)cc(OC)c1OC(F)F.COc1cc(Br)cc(OC)c1OC(F)F. The molecule has 34 heavy (non-hydrogen) atoms. The van der Waals surface area contributed by atoms with Gasteiger partial charge in [-0.3, -0.25) is 0 Å². The average Bonchev–Trinajstić information content (AvgIpc) is 3.34. The van der Waals surface area contributed by atoms with Crippen LogP contribution in [0.25, 0.3) is 11.3 Å². The highest BCUT2D eigenvalue weighted by atomic mass is 79.9. The predicted molar refractivity (Wildman–Crippen MR) is 118 cm³/mol. The summed E-state index contributed by atoms with van der Waals surface area (Å²) in [5, 5.41) is 0.